The van der Waals surface area contributed by atoms with Crippen LogP contribution in [0.2, 0.25) is 0 Å². The van der Waals surface area contributed by atoms with E-state index in [0.29, 0.717) is 6.54 Å². The van der Waals surface area contributed by atoms with E-state index in [4.69, 9.17) is 0 Å². The van der Waals surface area contributed by atoms with E-state index in [2.05, 4.69) is 30.7 Å². The molecule has 1 aromatic heterocycles. The van der Waals surface area contributed by atoms with Gasteiger partial charge in [-0.2, -0.15) is 0 Å². The Labute approximate surface area is 143 Å². The first kappa shape index (κ1) is 18.1. The van der Waals surface area contributed by atoms with Crippen molar-refractivity contribution in [3.63, 3.8) is 0 Å². The molecule has 0 bridgehead atoms. The molecule has 2 N–H and O–H groups in total. The van der Waals surface area contributed by atoms with E-state index in [9.17, 15) is 0 Å². The zero-order chi connectivity index (χ0) is 14.2. The van der Waals surface area contributed by atoms with Crippen molar-refractivity contribution < 1.29 is 0 Å². The molecule has 2 heterocycles. The summed E-state index contributed by atoms with van der Waals surface area (Å²) in [5.74, 6) is 1.70. The van der Waals surface area contributed by atoms with E-state index in [0.717, 1.165) is 24.9 Å². The number of nitrogens with one attached hydrogen (secondary N) is 2. The zero-order valence-corrected chi connectivity index (χ0v) is 15.2. The van der Waals surface area contributed by atoms with Gasteiger partial charge in [0.1, 0.15) is 6.33 Å². The van der Waals surface area contributed by atoms with Crippen LogP contribution in [0, 0.1) is 0 Å². The number of aliphatic imine (C=N–C) groups is 1. The van der Waals surface area contributed by atoms with Crippen molar-refractivity contribution in [2.45, 2.75) is 25.8 Å². The fourth-order valence-electron chi connectivity index (χ4n) is 2.37. The summed E-state index contributed by atoms with van der Waals surface area (Å²) in [7, 11) is 3.72. The first-order chi connectivity index (χ1) is 9.79. The number of hydrogen-bond acceptors (Lipinski definition) is 4. The lowest BCUT2D eigenvalue weighted by Gasteiger charge is -2.26. The monoisotopic (exact) mass is 407 g/mol. The number of guanidine groups is 1. The minimum Gasteiger partial charge on any atom is -0.355 e. The topological polar surface area (TPSA) is 70.4 Å². The number of halogens is 1. The van der Waals surface area contributed by atoms with Crippen molar-refractivity contribution in [1.82, 2.24) is 30.3 Å². The highest BCUT2D eigenvalue weighted by molar-refractivity contribution is 14.0. The highest BCUT2D eigenvalue weighted by Gasteiger charge is 2.09. The molecular weight excluding hydrogens is 381 g/mol. The first-order valence-electron chi connectivity index (χ1n) is 7.29. The Morgan fingerprint density at radius 3 is 2.67 bits per heavy atom. The number of rotatable bonds is 5. The molecule has 1 aromatic rings. The van der Waals surface area contributed by atoms with Gasteiger partial charge in [-0.1, -0.05) is 6.42 Å². The highest BCUT2D eigenvalue weighted by Crippen LogP contribution is 2.07. The second-order valence-corrected chi connectivity index (χ2v) is 5.11. The minimum atomic E-state index is 0. The Balaban J connectivity index is 0.00000220. The van der Waals surface area contributed by atoms with Gasteiger partial charge in [-0.25, -0.2) is 0 Å². The van der Waals surface area contributed by atoms with Crippen LogP contribution in [-0.4, -0.2) is 58.9 Å². The van der Waals surface area contributed by atoms with Crippen molar-refractivity contribution in [2.75, 3.05) is 33.2 Å². The van der Waals surface area contributed by atoms with Gasteiger partial charge in [0, 0.05) is 27.2 Å². The summed E-state index contributed by atoms with van der Waals surface area (Å²) in [5.41, 5.74) is 0. The Bertz CT molecular complexity index is 426. The van der Waals surface area contributed by atoms with Gasteiger partial charge in [-0.3, -0.25) is 4.99 Å². The molecule has 0 unspecified atom stereocenters. The van der Waals surface area contributed by atoms with E-state index in [1.54, 1.807) is 13.4 Å². The van der Waals surface area contributed by atoms with E-state index in [-0.39, 0.29) is 24.0 Å². The van der Waals surface area contributed by atoms with Gasteiger partial charge in [0.2, 0.25) is 0 Å². The van der Waals surface area contributed by atoms with E-state index in [1.807, 2.05) is 11.6 Å². The second-order valence-electron chi connectivity index (χ2n) is 5.11. The minimum absolute atomic E-state index is 0. The maximum absolute atomic E-state index is 4.22. The highest BCUT2D eigenvalue weighted by atomic mass is 127. The third-order valence-electron chi connectivity index (χ3n) is 3.61. The van der Waals surface area contributed by atoms with Gasteiger partial charge < -0.3 is 20.1 Å². The molecule has 7 nitrogen and oxygen atoms in total. The molecule has 0 aromatic carbocycles. The molecule has 1 saturated heterocycles. The van der Waals surface area contributed by atoms with Crippen molar-refractivity contribution >= 4 is 29.9 Å². The molecule has 0 aliphatic carbocycles. The van der Waals surface area contributed by atoms with Gasteiger partial charge in [0.15, 0.2) is 11.8 Å². The van der Waals surface area contributed by atoms with Gasteiger partial charge >= 0.3 is 0 Å². The van der Waals surface area contributed by atoms with Gasteiger partial charge in [-0.15, -0.1) is 34.2 Å². The molecule has 1 fully saturated rings. The summed E-state index contributed by atoms with van der Waals surface area (Å²) in [6.45, 7) is 5.07. The van der Waals surface area contributed by atoms with Gasteiger partial charge in [0.05, 0.1) is 6.54 Å². The molecule has 1 aliphatic heterocycles. The molecule has 2 rings (SSSR count). The standard InChI is InChI=1S/C13H25N7.HI/c1-14-13(16-10-12-18-17-11-19(12)2)15-6-9-20-7-4-3-5-8-20;/h11H,3-10H2,1-2H3,(H2,14,15,16);1H. The van der Waals surface area contributed by atoms with Crippen LogP contribution in [0.5, 0.6) is 0 Å². The van der Waals surface area contributed by atoms with E-state index >= 15 is 0 Å². The summed E-state index contributed by atoms with van der Waals surface area (Å²) >= 11 is 0. The largest absolute Gasteiger partial charge is 0.355 e. The molecule has 8 heteroatoms. The molecule has 0 radical (unpaired) electrons. The maximum Gasteiger partial charge on any atom is 0.191 e. The van der Waals surface area contributed by atoms with Crippen LogP contribution in [0.4, 0.5) is 0 Å². The smallest absolute Gasteiger partial charge is 0.191 e. The lowest BCUT2D eigenvalue weighted by molar-refractivity contribution is 0.232. The number of nitrogens with zero attached hydrogens (tertiary/aromatic N) is 5. The molecule has 0 saturated carbocycles. The summed E-state index contributed by atoms with van der Waals surface area (Å²) in [6, 6.07) is 0. The van der Waals surface area contributed by atoms with Gasteiger partial charge in [0.25, 0.3) is 0 Å². The van der Waals surface area contributed by atoms with Gasteiger partial charge in [-0.05, 0) is 25.9 Å². The lowest BCUT2D eigenvalue weighted by Crippen LogP contribution is -2.42. The van der Waals surface area contributed by atoms with Crippen molar-refractivity contribution in [3.8, 4) is 0 Å². The second kappa shape index (κ2) is 9.93. The number of aryl methyl sites for hydroxylation is 1. The Kier molecular flexibility index (Phi) is 8.58. The average molecular weight is 407 g/mol. The molecular formula is C13H26IN7. The van der Waals surface area contributed by atoms with Crippen LogP contribution in [-0.2, 0) is 13.6 Å². The molecule has 120 valence electrons. The van der Waals surface area contributed by atoms with Crippen LogP contribution in [0.3, 0.4) is 0 Å². The Morgan fingerprint density at radius 2 is 2.05 bits per heavy atom. The maximum atomic E-state index is 4.22. The third kappa shape index (κ3) is 6.16. The van der Waals surface area contributed by atoms with Crippen LogP contribution in [0.25, 0.3) is 0 Å². The number of aromatic nitrogens is 3. The summed E-state index contributed by atoms with van der Waals surface area (Å²) in [6.07, 6.45) is 5.74. The van der Waals surface area contributed by atoms with E-state index in [1.165, 1.54) is 32.4 Å². The first-order valence-corrected chi connectivity index (χ1v) is 7.29. The van der Waals surface area contributed by atoms with Crippen molar-refractivity contribution in [1.29, 1.82) is 0 Å². The van der Waals surface area contributed by atoms with Crippen molar-refractivity contribution in [2.24, 2.45) is 12.0 Å². The molecule has 0 spiro atoms. The van der Waals surface area contributed by atoms with Crippen LogP contribution < -0.4 is 10.6 Å². The number of piperidine rings is 1. The Morgan fingerprint density at radius 1 is 1.29 bits per heavy atom. The molecule has 21 heavy (non-hydrogen) atoms. The van der Waals surface area contributed by atoms with E-state index < -0.39 is 0 Å². The zero-order valence-electron chi connectivity index (χ0n) is 12.9. The molecule has 1 aliphatic rings. The Hall–Kier alpha value is -0.900. The number of hydrogen-bond donors (Lipinski definition) is 2. The average Bonchev–Trinajstić information content (AvgIpc) is 2.89. The fourth-order valence-corrected chi connectivity index (χ4v) is 2.37. The molecule has 0 atom stereocenters. The third-order valence-corrected chi connectivity index (χ3v) is 3.61. The predicted octanol–water partition coefficient (Wildman–Crippen LogP) is 0.584. The summed E-state index contributed by atoms with van der Waals surface area (Å²) < 4.78 is 1.90. The molecule has 0 amide bonds. The van der Waals surface area contributed by atoms with Crippen molar-refractivity contribution in [3.05, 3.63) is 12.2 Å². The van der Waals surface area contributed by atoms with Crippen LogP contribution in [0.15, 0.2) is 11.3 Å². The van der Waals surface area contributed by atoms with Crippen LogP contribution >= 0.6 is 24.0 Å². The fraction of sp³-hybridized carbons (Fsp3) is 0.769. The van der Waals surface area contributed by atoms with Crippen LogP contribution in [0.1, 0.15) is 25.1 Å². The quantitative estimate of drug-likeness (QED) is 0.425. The summed E-state index contributed by atoms with van der Waals surface area (Å²) in [5, 5.41) is 14.5. The number of likely N-dealkylation sites (tertiary alicyclic amines) is 1. The predicted molar refractivity (Wildman–Crippen MR) is 94.9 cm³/mol. The SMILES string of the molecule is CN=C(NCCN1CCCCC1)NCc1nncn1C.I. The lowest BCUT2D eigenvalue weighted by atomic mass is 10.1. The normalized spacial score (nSPS) is 16.4. The summed E-state index contributed by atoms with van der Waals surface area (Å²) in [4.78, 5) is 6.72.